The predicted octanol–water partition coefficient (Wildman–Crippen LogP) is 3.13. The number of alkyl halides is 4. The van der Waals surface area contributed by atoms with E-state index in [2.05, 4.69) is 38.7 Å². The number of piperidine rings is 1. The summed E-state index contributed by atoms with van der Waals surface area (Å²) in [6.45, 7) is 4.07. The molecule has 0 aliphatic carbocycles. The van der Waals surface area contributed by atoms with Crippen molar-refractivity contribution >= 4 is 17.2 Å². The number of nitrogens with one attached hydrogen (secondary N) is 2. The highest BCUT2D eigenvalue weighted by Gasteiger charge is 2.32. The molecular weight excluding hydrogens is 516 g/mol. The molecule has 39 heavy (non-hydrogen) atoms. The maximum absolute atomic E-state index is 14.6. The Morgan fingerprint density at radius 1 is 1.28 bits per heavy atom. The monoisotopic (exact) mass is 544 g/mol. The zero-order valence-corrected chi connectivity index (χ0v) is 21.7. The molecule has 1 saturated heterocycles. The van der Waals surface area contributed by atoms with Crippen molar-refractivity contribution in [3.63, 3.8) is 0 Å². The molecule has 3 aromatic heterocycles. The van der Waals surface area contributed by atoms with Crippen molar-refractivity contribution in [1.82, 2.24) is 29.6 Å². The predicted molar refractivity (Wildman–Crippen MR) is 136 cm³/mol. The molecular formula is C26H28F4N8O. The van der Waals surface area contributed by atoms with Gasteiger partial charge in [-0.05, 0) is 45.4 Å². The summed E-state index contributed by atoms with van der Waals surface area (Å²) < 4.78 is 57.6. The van der Waals surface area contributed by atoms with Crippen molar-refractivity contribution in [1.29, 1.82) is 5.26 Å². The van der Waals surface area contributed by atoms with Gasteiger partial charge in [-0.1, -0.05) is 12.0 Å². The Balaban J connectivity index is 1.55. The van der Waals surface area contributed by atoms with Gasteiger partial charge in [-0.3, -0.25) is 9.48 Å². The van der Waals surface area contributed by atoms with Gasteiger partial charge >= 0.3 is 6.18 Å². The minimum absolute atomic E-state index is 0.0837. The highest BCUT2D eigenvalue weighted by molar-refractivity contribution is 5.93. The van der Waals surface area contributed by atoms with Crippen molar-refractivity contribution in [2.24, 2.45) is 0 Å². The van der Waals surface area contributed by atoms with Gasteiger partial charge in [0, 0.05) is 24.8 Å². The Kier molecular flexibility index (Phi) is 7.84. The number of carbonyl (C=O) groups excluding carboxylic acids is 1. The van der Waals surface area contributed by atoms with Crippen molar-refractivity contribution < 1.29 is 22.4 Å². The molecule has 0 unspecified atom stereocenters. The van der Waals surface area contributed by atoms with Gasteiger partial charge in [0.1, 0.15) is 23.2 Å². The normalized spacial score (nSPS) is 18.3. The number of amides is 1. The highest BCUT2D eigenvalue weighted by Crippen LogP contribution is 2.28. The second-order valence-corrected chi connectivity index (χ2v) is 9.97. The van der Waals surface area contributed by atoms with Crippen LogP contribution in [0.3, 0.4) is 0 Å². The number of halogens is 4. The van der Waals surface area contributed by atoms with Crippen LogP contribution in [0.15, 0.2) is 30.6 Å². The quantitative estimate of drug-likeness (QED) is 0.365. The Labute approximate surface area is 222 Å². The standard InChI is InChI=1S/C26H28F4N8O/c1-25(2,16-31)37-14-17(13-33-37)24(39)32-10-5-6-20-18(12-26(28,29)30)22-7-4-8-23(38(22)35-20)34-21-9-11-36(3)15-19(21)27/h4,7-8,13-14,19,21,34H,9-12,15H2,1-3H3,(H,32,39)/t19-,21+/m0/s1. The molecule has 2 atom stereocenters. The van der Waals surface area contributed by atoms with Crippen LogP contribution in [0.4, 0.5) is 23.4 Å². The number of carbonyl (C=O) groups is 1. The van der Waals surface area contributed by atoms with E-state index in [1.807, 2.05) is 11.9 Å². The first kappa shape index (κ1) is 27.9. The SMILES string of the molecule is CN1CC[C@@H](Nc2cccc3c(CC(F)(F)F)c(C#CCNC(=O)c4cnn(C(C)(C)C#N)c4)nn23)[C@@H](F)C1. The van der Waals surface area contributed by atoms with Gasteiger partial charge in [0.2, 0.25) is 0 Å². The first-order valence-corrected chi connectivity index (χ1v) is 12.3. The van der Waals surface area contributed by atoms with Gasteiger partial charge in [-0.25, -0.2) is 8.91 Å². The lowest BCUT2D eigenvalue weighted by atomic mass is 10.0. The molecule has 206 valence electrons. The second kappa shape index (κ2) is 10.9. The number of nitrogens with zero attached hydrogens (tertiary/aromatic N) is 6. The summed E-state index contributed by atoms with van der Waals surface area (Å²) in [5.41, 5.74) is -0.713. The van der Waals surface area contributed by atoms with Crippen molar-refractivity contribution in [2.75, 3.05) is 32.0 Å². The number of likely N-dealkylation sites (tertiary alicyclic amines) is 1. The number of aromatic nitrogens is 4. The summed E-state index contributed by atoms with van der Waals surface area (Å²) in [6.07, 6.45) is -3.63. The molecule has 0 bridgehead atoms. The van der Waals surface area contributed by atoms with E-state index in [-0.39, 0.29) is 35.4 Å². The van der Waals surface area contributed by atoms with E-state index in [0.29, 0.717) is 18.8 Å². The van der Waals surface area contributed by atoms with E-state index in [1.54, 1.807) is 26.0 Å². The van der Waals surface area contributed by atoms with Crippen LogP contribution in [0, 0.1) is 23.2 Å². The number of pyridine rings is 1. The van der Waals surface area contributed by atoms with Crippen LogP contribution in [0.5, 0.6) is 0 Å². The molecule has 1 fully saturated rings. The van der Waals surface area contributed by atoms with Gasteiger partial charge in [-0.15, -0.1) is 0 Å². The fraction of sp³-hybridized carbons (Fsp3) is 0.462. The van der Waals surface area contributed by atoms with Crippen LogP contribution < -0.4 is 10.6 Å². The molecule has 4 rings (SSSR count). The van der Waals surface area contributed by atoms with Crippen LogP contribution in [0.25, 0.3) is 5.52 Å². The van der Waals surface area contributed by atoms with Crippen LogP contribution >= 0.6 is 0 Å². The Morgan fingerprint density at radius 2 is 2.05 bits per heavy atom. The summed E-state index contributed by atoms with van der Waals surface area (Å²) in [7, 11) is 1.83. The number of hydrogen-bond acceptors (Lipinski definition) is 6. The van der Waals surface area contributed by atoms with Crippen molar-refractivity contribution in [3.8, 4) is 17.9 Å². The van der Waals surface area contributed by atoms with E-state index < -0.39 is 36.3 Å². The Hall–Kier alpha value is -4.10. The third-order valence-electron chi connectivity index (χ3n) is 6.45. The van der Waals surface area contributed by atoms with E-state index in [0.717, 1.165) is 0 Å². The summed E-state index contributed by atoms with van der Waals surface area (Å²) >= 11 is 0. The van der Waals surface area contributed by atoms with Gasteiger partial charge in [0.25, 0.3) is 5.91 Å². The van der Waals surface area contributed by atoms with E-state index >= 15 is 0 Å². The van der Waals surface area contributed by atoms with Gasteiger partial charge < -0.3 is 15.5 Å². The average molecular weight is 545 g/mol. The van der Waals surface area contributed by atoms with Crippen molar-refractivity contribution in [3.05, 3.63) is 47.4 Å². The lowest BCUT2D eigenvalue weighted by molar-refractivity contribution is -0.127. The van der Waals surface area contributed by atoms with Crippen molar-refractivity contribution in [2.45, 2.75) is 50.6 Å². The smallest absolute Gasteiger partial charge is 0.364 e. The first-order chi connectivity index (χ1) is 18.4. The maximum Gasteiger partial charge on any atom is 0.393 e. The molecule has 0 aromatic carbocycles. The molecule has 2 N–H and O–H groups in total. The minimum atomic E-state index is -4.51. The van der Waals surface area contributed by atoms with E-state index in [4.69, 9.17) is 0 Å². The molecule has 4 heterocycles. The summed E-state index contributed by atoms with van der Waals surface area (Å²) in [4.78, 5) is 14.3. The third kappa shape index (κ3) is 6.49. The van der Waals surface area contributed by atoms with Gasteiger partial charge in [0.05, 0.1) is 42.4 Å². The number of hydrogen-bond donors (Lipinski definition) is 2. The lowest BCUT2D eigenvalue weighted by Crippen LogP contribution is -2.46. The number of anilines is 1. The maximum atomic E-state index is 14.6. The molecule has 9 nitrogen and oxygen atoms in total. The van der Waals surface area contributed by atoms with Crippen LogP contribution in [0.1, 0.15) is 41.9 Å². The zero-order valence-electron chi connectivity index (χ0n) is 21.7. The summed E-state index contributed by atoms with van der Waals surface area (Å²) in [6, 6.07) is 6.30. The van der Waals surface area contributed by atoms with Crippen LogP contribution in [-0.2, 0) is 12.0 Å². The fourth-order valence-electron chi connectivity index (χ4n) is 4.26. The zero-order chi connectivity index (χ0) is 28.4. The number of fused-ring (bicyclic) bond motifs is 1. The Morgan fingerprint density at radius 3 is 2.74 bits per heavy atom. The minimum Gasteiger partial charge on any atom is -0.364 e. The lowest BCUT2D eigenvalue weighted by Gasteiger charge is -2.33. The molecule has 13 heteroatoms. The Bertz CT molecular complexity index is 1460. The average Bonchev–Trinajstić information content (AvgIpc) is 3.50. The van der Waals surface area contributed by atoms with Gasteiger partial charge in [0.15, 0.2) is 0 Å². The molecule has 1 aliphatic heterocycles. The topological polar surface area (TPSA) is 103 Å². The van der Waals surface area contributed by atoms with Crippen LogP contribution in [0.2, 0.25) is 0 Å². The first-order valence-electron chi connectivity index (χ1n) is 12.3. The van der Waals surface area contributed by atoms with Gasteiger partial charge in [-0.2, -0.15) is 28.6 Å². The molecule has 0 saturated carbocycles. The molecule has 1 amide bonds. The van der Waals surface area contributed by atoms with Crippen LogP contribution in [-0.4, -0.2) is 75.3 Å². The third-order valence-corrected chi connectivity index (χ3v) is 6.45. The van der Waals surface area contributed by atoms with E-state index in [9.17, 15) is 27.6 Å². The highest BCUT2D eigenvalue weighted by atomic mass is 19.4. The largest absolute Gasteiger partial charge is 0.393 e. The molecule has 3 aromatic rings. The number of nitriles is 1. The molecule has 0 spiro atoms. The molecule has 0 radical (unpaired) electrons. The molecule has 1 aliphatic rings. The number of rotatable bonds is 6. The fourth-order valence-corrected chi connectivity index (χ4v) is 4.26. The summed E-state index contributed by atoms with van der Waals surface area (Å²) in [5, 5.41) is 23.2. The van der Waals surface area contributed by atoms with E-state index in [1.165, 1.54) is 27.7 Å². The summed E-state index contributed by atoms with van der Waals surface area (Å²) in [5.74, 6) is 5.17. The second-order valence-electron chi connectivity index (χ2n) is 9.97.